The first-order valence-corrected chi connectivity index (χ1v) is 23.0. The van der Waals surface area contributed by atoms with E-state index in [4.69, 9.17) is 65.8 Å². The summed E-state index contributed by atoms with van der Waals surface area (Å²) in [6, 6.07) is 19.9. The molecule has 0 N–H and O–H groups in total. The van der Waals surface area contributed by atoms with Crippen molar-refractivity contribution in [2.24, 2.45) is 0 Å². The van der Waals surface area contributed by atoms with Gasteiger partial charge in [-0.3, -0.25) is 9.59 Å². The molecule has 0 bridgehead atoms. The Morgan fingerprint density at radius 1 is 0.650 bits per heavy atom. The molecular weight excluding hydrogens is 870 g/mol. The molecule has 0 saturated heterocycles. The third-order valence-electron chi connectivity index (χ3n) is 10.6. The quantitative estimate of drug-likeness (QED) is 0.129. The van der Waals surface area contributed by atoms with Crippen molar-refractivity contribution >= 4 is 114 Å². The molecule has 60 heavy (non-hydrogen) atoms. The second kappa shape index (κ2) is 17.8. The van der Waals surface area contributed by atoms with E-state index in [1.165, 1.54) is 19.9 Å². The largest absolute Gasteiger partial charge is 0.458 e. The molecule has 2 aliphatic heterocycles. The number of hydrogen-bond acceptors (Lipinski definition) is 10. The van der Waals surface area contributed by atoms with Crippen molar-refractivity contribution in [1.82, 2.24) is 19.1 Å². The number of fused-ring (bicyclic) bond motifs is 6. The molecule has 6 aromatic rings. The van der Waals surface area contributed by atoms with Gasteiger partial charge in [0.2, 0.25) is 11.9 Å². The number of aromatic nitrogens is 4. The minimum absolute atomic E-state index is 0.161. The zero-order chi connectivity index (χ0) is 43.0. The van der Waals surface area contributed by atoms with Crippen molar-refractivity contribution in [3.8, 4) is 0 Å². The predicted octanol–water partition coefficient (Wildman–Crippen LogP) is 11.2. The van der Waals surface area contributed by atoms with Crippen LogP contribution in [-0.4, -0.2) is 58.8 Å². The summed E-state index contributed by atoms with van der Waals surface area (Å²) in [4.78, 5) is 37.2. The van der Waals surface area contributed by atoms with E-state index in [2.05, 4.69) is 14.0 Å². The molecular formula is C43H44Cl4N6O6S. The van der Waals surface area contributed by atoms with Crippen molar-refractivity contribution in [3.63, 3.8) is 0 Å². The van der Waals surface area contributed by atoms with Gasteiger partial charge >= 0.3 is 11.9 Å². The van der Waals surface area contributed by atoms with Gasteiger partial charge in [0.25, 0.3) is 0 Å². The lowest BCUT2D eigenvalue weighted by Crippen LogP contribution is -2.28. The van der Waals surface area contributed by atoms with Crippen LogP contribution in [0.4, 0.5) is 23.3 Å². The maximum absolute atomic E-state index is 11.9. The second-order valence-electron chi connectivity index (χ2n) is 14.7. The summed E-state index contributed by atoms with van der Waals surface area (Å²) in [6.07, 6.45) is 3.44. The molecule has 0 spiro atoms. The lowest BCUT2D eigenvalue weighted by atomic mass is 10.0. The highest BCUT2D eigenvalue weighted by molar-refractivity contribution is 7.90. The number of carbonyl (C=O) groups excluding carboxylic acids is 2. The molecule has 17 heteroatoms. The molecule has 0 radical (unpaired) electrons. The lowest BCUT2D eigenvalue weighted by Gasteiger charge is -2.30. The first-order valence-electron chi connectivity index (χ1n) is 19.6. The first kappa shape index (κ1) is 43.6. The van der Waals surface area contributed by atoms with Gasteiger partial charge in [0.05, 0.1) is 47.4 Å². The van der Waals surface area contributed by atoms with Gasteiger partial charge in [0, 0.05) is 57.4 Å². The van der Waals surface area contributed by atoms with Crippen molar-refractivity contribution in [1.29, 1.82) is 0 Å². The number of imidazole rings is 2. The van der Waals surface area contributed by atoms with E-state index in [1.807, 2.05) is 61.2 Å². The Morgan fingerprint density at radius 3 is 1.53 bits per heavy atom. The molecule has 2 aromatic heterocycles. The van der Waals surface area contributed by atoms with E-state index in [0.29, 0.717) is 63.2 Å². The van der Waals surface area contributed by atoms with Crippen molar-refractivity contribution in [2.75, 3.05) is 29.1 Å². The number of anilines is 4. The number of para-hydroxylation sites is 1. The van der Waals surface area contributed by atoms with Crippen LogP contribution in [0.3, 0.4) is 0 Å². The molecule has 0 saturated carbocycles. The van der Waals surface area contributed by atoms with Crippen molar-refractivity contribution in [3.05, 3.63) is 97.9 Å². The molecule has 4 aromatic carbocycles. The Morgan fingerprint density at radius 2 is 1.12 bits per heavy atom. The highest BCUT2D eigenvalue weighted by Gasteiger charge is 2.31. The zero-order valence-corrected chi connectivity index (χ0v) is 37.6. The van der Waals surface area contributed by atoms with Crippen LogP contribution in [0.5, 0.6) is 0 Å². The van der Waals surface area contributed by atoms with Crippen LogP contribution in [0.1, 0.15) is 76.7 Å². The Labute approximate surface area is 368 Å². The number of esters is 2. The summed E-state index contributed by atoms with van der Waals surface area (Å²) >= 11 is 26.0. The number of ether oxygens (including phenoxy) is 2. The van der Waals surface area contributed by atoms with Crippen LogP contribution in [-0.2, 0) is 42.0 Å². The van der Waals surface area contributed by atoms with E-state index in [9.17, 15) is 18.0 Å². The minimum Gasteiger partial charge on any atom is -0.458 e. The molecule has 12 nitrogen and oxygen atoms in total. The third kappa shape index (κ3) is 8.52. The topological polar surface area (TPSA) is 129 Å². The Bertz CT molecular complexity index is 2740. The van der Waals surface area contributed by atoms with Gasteiger partial charge in [-0.1, -0.05) is 84.5 Å². The van der Waals surface area contributed by atoms with E-state index >= 15 is 0 Å². The standard InChI is InChI=1S/C22H23Cl2N3O4S.C21H21Cl2N3O2/c1-4-19(31-13(2)28)15-7-8-16(23)20-21(15)27-11-5-10-26(22(27)25-20)18-9-6-14(12-17(18)24)32(3,29)30;1-3-18(28-13(2)27)14-9-10-16(23)19-20(14)26-12-6-11-25(21(26)24-19)17-8-5-4-7-15(17)22/h6-9,12,19H,4-5,10-11H2,1-3H3;4-5,7-10,18H,3,6,11-12H2,1-2H3. The number of benzene rings is 4. The van der Waals surface area contributed by atoms with Gasteiger partial charge in [0.1, 0.15) is 23.2 Å². The van der Waals surface area contributed by atoms with Crippen LogP contribution in [0.2, 0.25) is 20.1 Å². The summed E-state index contributed by atoms with van der Waals surface area (Å²) in [7, 11) is -3.37. The number of rotatable bonds is 9. The first-order chi connectivity index (χ1) is 28.6. The third-order valence-corrected chi connectivity index (χ3v) is 12.9. The van der Waals surface area contributed by atoms with Crippen LogP contribution in [0, 0.1) is 0 Å². The molecule has 2 unspecified atom stereocenters. The van der Waals surface area contributed by atoms with Crippen molar-refractivity contribution in [2.45, 2.75) is 83.6 Å². The molecule has 8 rings (SSSR count). The molecule has 0 aliphatic carbocycles. The molecule has 0 fully saturated rings. The summed E-state index contributed by atoms with van der Waals surface area (Å²) in [5.74, 6) is 0.817. The monoisotopic (exact) mass is 912 g/mol. The van der Waals surface area contributed by atoms with Gasteiger partial charge in [-0.05, 0) is 68.1 Å². The smallest absolute Gasteiger partial charge is 0.303 e. The van der Waals surface area contributed by atoms with E-state index in [-0.39, 0.29) is 22.9 Å². The maximum Gasteiger partial charge on any atom is 0.303 e. The molecule has 4 heterocycles. The zero-order valence-electron chi connectivity index (χ0n) is 33.7. The summed E-state index contributed by atoms with van der Waals surface area (Å²) in [6.45, 7) is 9.79. The summed E-state index contributed by atoms with van der Waals surface area (Å²) in [5.41, 5.74) is 6.46. The number of carbonyl (C=O) groups is 2. The summed E-state index contributed by atoms with van der Waals surface area (Å²) in [5, 5.41) is 2.09. The Balaban J connectivity index is 0.000000183. The fourth-order valence-electron chi connectivity index (χ4n) is 7.97. The highest BCUT2D eigenvalue weighted by Crippen LogP contribution is 2.43. The molecule has 316 valence electrons. The van der Waals surface area contributed by atoms with Crippen LogP contribution >= 0.6 is 46.4 Å². The fourth-order valence-corrected chi connectivity index (χ4v) is 9.59. The van der Waals surface area contributed by atoms with E-state index in [1.54, 1.807) is 18.2 Å². The molecule has 0 amide bonds. The number of aryl methyl sites for hydroxylation is 2. The average molecular weight is 915 g/mol. The molecule has 2 aliphatic rings. The Hall–Kier alpha value is -4.53. The normalized spacial score (nSPS) is 14.9. The lowest BCUT2D eigenvalue weighted by molar-refractivity contribution is -0.147. The predicted molar refractivity (Wildman–Crippen MR) is 238 cm³/mol. The maximum atomic E-state index is 11.9. The van der Waals surface area contributed by atoms with Crippen molar-refractivity contribution < 1.29 is 27.5 Å². The number of hydrogen-bond donors (Lipinski definition) is 0. The van der Waals surface area contributed by atoms with E-state index in [0.717, 1.165) is 71.5 Å². The van der Waals surface area contributed by atoms with Gasteiger partial charge < -0.3 is 28.4 Å². The fraction of sp³-hybridized carbons (Fsp3) is 0.349. The number of nitrogens with zero attached hydrogens (tertiary/aromatic N) is 6. The van der Waals surface area contributed by atoms with Gasteiger partial charge in [-0.25, -0.2) is 18.4 Å². The minimum atomic E-state index is -3.37. The molecule has 2 atom stereocenters. The number of sulfone groups is 1. The SMILES string of the molecule is CCC(OC(C)=O)c1ccc(Cl)c2nc3n(c12)CCCN3c1ccc(S(C)(=O)=O)cc1Cl.CCC(OC(C)=O)c1ccc(Cl)c2nc3n(c12)CCCN3c1ccccc1Cl. The Kier molecular flexibility index (Phi) is 12.9. The van der Waals surface area contributed by atoms with Gasteiger partial charge in [-0.15, -0.1) is 0 Å². The van der Waals surface area contributed by atoms with Crippen LogP contribution in [0.25, 0.3) is 22.1 Å². The van der Waals surface area contributed by atoms with Gasteiger partial charge in [0.15, 0.2) is 9.84 Å². The summed E-state index contributed by atoms with van der Waals surface area (Å²) < 4.78 is 39.1. The second-order valence-corrected chi connectivity index (χ2v) is 18.3. The number of halogens is 4. The highest BCUT2D eigenvalue weighted by atomic mass is 35.5. The van der Waals surface area contributed by atoms with Gasteiger partial charge in [-0.2, -0.15) is 0 Å². The van der Waals surface area contributed by atoms with Crippen LogP contribution in [0.15, 0.2) is 71.6 Å². The van der Waals surface area contributed by atoms with E-state index < -0.39 is 15.9 Å². The van der Waals surface area contributed by atoms with Crippen LogP contribution < -0.4 is 9.80 Å². The average Bonchev–Trinajstić information content (AvgIpc) is 3.81.